The van der Waals surface area contributed by atoms with Crippen LogP contribution in [0.2, 0.25) is 0 Å². The zero-order valence-corrected chi connectivity index (χ0v) is 13.4. The molecular weight excluding hydrogens is 344 g/mol. The van der Waals surface area contributed by atoms with E-state index in [-0.39, 0.29) is 5.91 Å². The monoisotopic (exact) mass is 356 g/mol. The number of hydrogen-bond donors (Lipinski definition) is 1. The summed E-state index contributed by atoms with van der Waals surface area (Å²) in [5.74, 6) is 0.399. The number of halogens is 1. The van der Waals surface area contributed by atoms with Gasteiger partial charge in [0.25, 0.3) is 0 Å². The molecule has 0 aliphatic heterocycles. The van der Waals surface area contributed by atoms with Crippen molar-refractivity contribution in [2.24, 2.45) is 0 Å². The Morgan fingerprint density at radius 1 is 1.32 bits per heavy atom. The van der Waals surface area contributed by atoms with Gasteiger partial charge in [-0.05, 0) is 42.5 Å². The number of carbonyl (C=O) groups is 1. The van der Waals surface area contributed by atoms with E-state index in [1.807, 2.05) is 24.3 Å². The van der Waals surface area contributed by atoms with Crippen molar-refractivity contribution in [2.45, 2.75) is 0 Å². The molecule has 0 atom stereocenters. The Balaban J connectivity index is 2.11. The van der Waals surface area contributed by atoms with Gasteiger partial charge in [0.1, 0.15) is 5.75 Å². The first kappa shape index (κ1) is 15.8. The fourth-order valence-corrected chi connectivity index (χ4v) is 2.23. The molecule has 0 aromatic heterocycles. The van der Waals surface area contributed by atoms with Crippen LogP contribution < -0.4 is 10.1 Å². The van der Waals surface area contributed by atoms with Crippen LogP contribution in [0.4, 0.5) is 5.69 Å². The number of carbonyl (C=O) groups excluding carboxylic acids is 1. The molecule has 2 rings (SSSR count). The molecule has 0 bridgehead atoms. The van der Waals surface area contributed by atoms with Crippen LogP contribution in [-0.4, -0.2) is 13.0 Å². The van der Waals surface area contributed by atoms with Gasteiger partial charge in [0, 0.05) is 21.8 Å². The summed E-state index contributed by atoms with van der Waals surface area (Å²) in [6.45, 7) is 0. The maximum atomic E-state index is 11.9. The predicted molar refractivity (Wildman–Crippen MR) is 89.5 cm³/mol. The Hall–Kier alpha value is -2.58. The highest BCUT2D eigenvalue weighted by Crippen LogP contribution is 2.24. The first-order chi connectivity index (χ1) is 10.6. The number of methoxy groups -OCH3 is 1. The van der Waals surface area contributed by atoms with Gasteiger partial charge in [0.2, 0.25) is 5.91 Å². The zero-order chi connectivity index (χ0) is 15.9. The van der Waals surface area contributed by atoms with Crippen LogP contribution in [0.25, 0.3) is 6.08 Å². The molecule has 0 fully saturated rings. The van der Waals surface area contributed by atoms with Crippen LogP contribution in [0.1, 0.15) is 11.1 Å². The summed E-state index contributed by atoms with van der Waals surface area (Å²) in [7, 11) is 1.58. The molecule has 22 heavy (non-hydrogen) atoms. The summed E-state index contributed by atoms with van der Waals surface area (Å²) in [6, 6.07) is 14.3. The fourth-order valence-electron chi connectivity index (χ4n) is 1.85. The van der Waals surface area contributed by atoms with Gasteiger partial charge in [-0.15, -0.1) is 0 Å². The van der Waals surface area contributed by atoms with Gasteiger partial charge in [-0.3, -0.25) is 4.79 Å². The second kappa shape index (κ2) is 7.43. The number of rotatable bonds is 4. The highest BCUT2D eigenvalue weighted by Gasteiger charge is 2.02. The maximum absolute atomic E-state index is 11.9. The maximum Gasteiger partial charge on any atom is 0.248 e. The molecule has 5 heteroatoms. The van der Waals surface area contributed by atoms with Crippen LogP contribution >= 0.6 is 15.9 Å². The summed E-state index contributed by atoms with van der Waals surface area (Å²) >= 11 is 3.38. The molecule has 4 nitrogen and oxygen atoms in total. The number of hydrogen-bond acceptors (Lipinski definition) is 3. The zero-order valence-electron chi connectivity index (χ0n) is 11.8. The van der Waals surface area contributed by atoms with Crippen molar-refractivity contribution in [3.8, 4) is 11.8 Å². The van der Waals surface area contributed by atoms with Crippen molar-refractivity contribution in [3.05, 3.63) is 64.1 Å². The fraction of sp³-hybridized carbons (Fsp3) is 0.0588. The first-order valence-electron chi connectivity index (χ1n) is 6.45. The van der Waals surface area contributed by atoms with Gasteiger partial charge in [-0.2, -0.15) is 5.26 Å². The second-order valence-electron chi connectivity index (χ2n) is 4.40. The van der Waals surface area contributed by atoms with E-state index >= 15 is 0 Å². The van der Waals surface area contributed by atoms with E-state index in [4.69, 9.17) is 10.00 Å². The number of nitrogens with one attached hydrogen (secondary N) is 1. The third kappa shape index (κ3) is 4.21. The molecule has 1 amide bonds. The molecule has 0 aliphatic rings. The van der Waals surface area contributed by atoms with E-state index in [1.165, 1.54) is 6.08 Å². The Morgan fingerprint density at radius 2 is 2.14 bits per heavy atom. The lowest BCUT2D eigenvalue weighted by atomic mass is 10.2. The van der Waals surface area contributed by atoms with Crippen molar-refractivity contribution in [1.29, 1.82) is 5.26 Å². The molecule has 0 radical (unpaired) electrons. The topological polar surface area (TPSA) is 62.1 Å². The van der Waals surface area contributed by atoms with E-state index in [1.54, 1.807) is 37.5 Å². The lowest BCUT2D eigenvalue weighted by Crippen LogP contribution is -2.07. The Morgan fingerprint density at radius 3 is 2.86 bits per heavy atom. The number of nitriles is 1. The molecule has 110 valence electrons. The largest absolute Gasteiger partial charge is 0.496 e. The third-order valence-corrected chi connectivity index (χ3v) is 3.36. The van der Waals surface area contributed by atoms with Crippen molar-refractivity contribution >= 4 is 33.6 Å². The van der Waals surface area contributed by atoms with Crippen LogP contribution in [-0.2, 0) is 4.79 Å². The van der Waals surface area contributed by atoms with Gasteiger partial charge in [-0.1, -0.05) is 22.0 Å². The van der Waals surface area contributed by atoms with Crippen LogP contribution in [0, 0.1) is 11.3 Å². The summed E-state index contributed by atoms with van der Waals surface area (Å²) < 4.78 is 6.14. The van der Waals surface area contributed by atoms with E-state index in [2.05, 4.69) is 21.2 Å². The average molecular weight is 357 g/mol. The molecule has 1 N–H and O–H groups in total. The highest BCUT2D eigenvalue weighted by molar-refractivity contribution is 9.10. The smallest absolute Gasteiger partial charge is 0.248 e. The molecule has 0 aliphatic carbocycles. The molecule has 0 saturated heterocycles. The number of anilines is 1. The third-order valence-electron chi connectivity index (χ3n) is 2.87. The van der Waals surface area contributed by atoms with E-state index in [0.29, 0.717) is 17.0 Å². The van der Waals surface area contributed by atoms with Crippen molar-refractivity contribution in [3.63, 3.8) is 0 Å². The second-order valence-corrected chi connectivity index (χ2v) is 5.32. The van der Waals surface area contributed by atoms with Gasteiger partial charge >= 0.3 is 0 Å². The molecular formula is C17H13BrN2O2. The Labute approximate surface area is 137 Å². The molecule has 0 saturated carbocycles. The lowest BCUT2D eigenvalue weighted by Gasteiger charge is -2.05. The minimum absolute atomic E-state index is 0.280. The first-order valence-corrected chi connectivity index (χ1v) is 7.24. The standard InChI is InChI=1S/C17H13BrN2O2/c1-22-16-7-6-14(18)10-13(16)5-8-17(21)20-15-4-2-3-12(9-15)11-19/h2-10H,1H3,(H,20,21)/b8-5+. The van der Waals surface area contributed by atoms with E-state index < -0.39 is 0 Å². The summed E-state index contributed by atoms with van der Waals surface area (Å²) in [5, 5.41) is 11.5. The summed E-state index contributed by atoms with van der Waals surface area (Å²) in [4.78, 5) is 11.9. The minimum atomic E-state index is -0.280. The number of nitrogens with zero attached hydrogens (tertiary/aromatic N) is 1. The number of ether oxygens (including phenoxy) is 1. The molecule has 2 aromatic carbocycles. The van der Waals surface area contributed by atoms with Crippen molar-refractivity contribution < 1.29 is 9.53 Å². The Bertz CT molecular complexity index is 763. The van der Waals surface area contributed by atoms with Crippen LogP contribution in [0.3, 0.4) is 0 Å². The highest BCUT2D eigenvalue weighted by atomic mass is 79.9. The molecule has 2 aromatic rings. The van der Waals surface area contributed by atoms with Gasteiger partial charge in [0.15, 0.2) is 0 Å². The molecule has 0 spiro atoms. The van der Waals surface area contributed by atoms with Gasteiger partial charge in [-0.25, -0.2) is 0 Å². The SMILES string of the molecule is COc1ccc(Br)cc1/C=C/C(=O)Nc1cccc(C#N)c1. The van der Waals surface area contributed by atoms with E-state index in [9.17, 15) is 4.79 Å². The lowest BCUT2D eigenvalue weighted by molar-refractivity contribution is -0.111. The Kier molecular flexibility index (Phi) is 5.34. The number of amides is 1. The number of benzene rings is 2. The van der Waals surface area contributed by atoms with Crippen molar-refractivity contribution in [1.82, 2.24) is 0 Å². The van der Waals surface area contributed by atoms with Gasteiger partial charge < -0.3 is 10.1 Å². The minimum Gasteiger partial charge on any atom is -0.496 e. The predicted octanol–water partition coefficient (Wildman–Crippen LogP) is 3.98. The van der Waals surface area contributed by atoms with Gasteiger partial charge in [0.05, 0.1) is 18.7 Å². The van der Waals surface area contributed by atoms with Crippen LogP contribution in [0.5, 0.6) is 5.75 Å². The van der Waals surface area contributed by atoms with Crippen LogP contribution in [0.15, 0.2) is 53.0 Å². The van der Waals surface area contributed by atoms with E-state index in [0.717, 1.165) is 10.0 Å². The average Bonchev–Trinajstić information content (AvgIpc) is 2.53. The normalized spacial score (nSPS) is 10.2. The molecule has 0 unspecified atom stereocenters. The quantitative estimate of drug-likeness (QED) is 0.842. The van der Waals surface area contributed by atoms with Crippen molar-refractivity contribution in [2.75, 3.05) is 12.4 Å². The molecule has 0 heterocycles. The summed E-state index contributed by atoms with van der Waals surface area (Å²) in [5.41, 5.74) is 1.86. The summed E-state index contributed by atoms with van der Waals surface area (Å²) in [6.07, 6.45) is 3.09.